The topological polar surface area (TPSA) is 43.8 Å². The predicted molar refractivity (Wildman–Crippen MR) is 78.1 cm³/mol. The zero-order valence-electron chi connectivity index (χ0n) is 10.7. The largest absolute Gasteiger partial charge is 0.396 e. The van der Waals surface area contributed by atoms with Crippen LogP contribution in [0.25, 0.3) is 16.9 Å². The van der Waals surface area contributed by atoms with E-state index in [1.165, 1.54) is 5.56 Å². The molecule has 3 aromatic rings. The molecule has 0 spiro atoms. The molecule has 3 nitrogen and oxygen atoms in total. The summed E-state index contributed by atoms with van der Waals surface area (Å²) in [5.41, 5.74) is 11.0. The van der Waals surface area contributed by atoms with E-state index in [9.17, 15) is 0 Å². The molecule has 2 N–H and O–H groups in total. The first kappa shape index (κ1) is 11.5. The molecular weight excluding hydrogens is 234 g/mol. The maximum Gasteiger partial charge on any atom is 0.0970 e. The molecule has 0 aliphatic carbocycles. The number of rotatable bonds is 2. The van der Waals surface area contributed by atoms with Gasteiger partial charge >= 0.3 is 0 Å². The Morgan fingerprint density at radius 1 is 0.947 bits per heavy atom. The van der Waals surface area contributed by atoms with Crippen molar-refractivity contribution >= 4 is 5.69 Å². The van der Waals surface area contributed by atoms with Crippen LogP contribution in [0.4, 0.5) is 5.69 Å². The van der Waals surface area contributed by atoms with Crippen molar-refractivity contribution in [3.8, 4) is 16.9 Å². The second-order valence-corrected chi connectivity index (χ2v) is 4.51. The zero-order chi connectivity index (χ0) is 13.2. The first-order chi connectivity index (χ1) is 9.27. The first-order valence-electron chi connectivity index (χ1n) is 6.22. The third-order valence-corrected chi connectivity index (χ3v) is 3.19. The van der Waals surface area contributed by atoms with Crippen LogP contribution in [0.2, 0.25) is 0 Å². The lowest BCUT2D eigenvalue weighted by Gasteiger charge is -2.10. The smallest absolute Gasteiger partial charge is 0.0970 e. The van der Waals surface area contributed by atoms with Crippen molar-refractivity contribution in [1.29, 1.82) is 0 Å². The van der Waals surface area contributed by atoms with Gasteiger partial charge in [-0.3, -0.25) is 0 Å². The lowest BCUT2D eigenvalue weighted by Crippen LogP contribution is -2.02. The molecule has 0 bridgehead atoms. The number of hydrogen-bond acceptors (Lipinski definition) is 2. The number of benzene rings is 2. The molecule has 0 saturated heterocycles. The van der Waals surface area contributed by atoms with Crippen LogP contribution in [0, 0.1) is 6.92 Å². The van der Waals surface area contributed by atoms with Crippen LogP contribution < -0.4 is 5.73 Å². The highest BCUT2D eigenvalue weighted by Gasteiger charge is 2.12. The van der Waals surface area contributed by atoms with Crippen LogP contribution >= 0.6 is 0 Å². The zero-order valence-corrected chi connectivity index (χ0v) is 10.7. The molecule has 3 rings (SSSR count). The normalized spacial score (nSPS) is 10.6. The standard InChI is InChI=1S/C16H15N3/c1-12-7-5-6-10-15(12)19-16(14(17)11-18-19)13-8-3-2-4-9-13/h2-11H,17H2,1H3. The van der Waals surface area contributed by atoms with Gasteiger partial charge in [0.05, 0.1) is 23.3 Å². The number of nitrogens with zero attached hydrogens (tertiary/aromatic N) is 2. The Kier molecular flexibility index (Phi) is 2.80. The Morgan fingerprint density at radius 2 is 1.63 bits per heavy atom. The summed E-state index contributed by atoms with van der Waals surface area (Å²) in [4.78, 5) is 0. The summed E-state index contributed by atoms with van der Waals surface area (Å²) < 4.78 is 1.90. The monoisotopic (exact) mass is 249 g/mol. The highest BCUT2D eigenvalue weighted by Crippen LogP contribution is 2.28. The lowest BCUT2D eigenvalue weighted by molar-refractivity contribution is 0.880. The van der Waals surface area contributed by atoms with Gasteiger partial charge in [0.15, 0.2) is 0 Å². The molecule has 2 aromatic carbocycles. The van der Waals surface area contributed by atoms with Crippen molar-refractivity contribution in [2.75, 3.05) is 5.73 Å². The average Bonchev–Trinajstić information content (AvgIpc) is 2.82. The average molecular weight is 249 g/mol. The Morgan fingerprint density at radius 3 is 2.37 bits per heavy atom. The van der Waals surface area contributed by atoms with Crippen molar-refractivity contribution in [3.05, 3.63) is 66.4 Å². The maximum atomic E-state index is 6.08. The van der Waals surface area contributed by atoms with Crippen LogP contribution in [0.1, 0.15) is 5.56 Å². The Bertz CT molecular complexity index is 699. The molecule has 94 valence electrons. The van der Waals surface area contributed by atoms with E-state index in [-0.39, 0.29) is 0 Å². The Hall–Kier alpha value is -2.55. The number of para-hydroxylation sites is 1. The fourth-order valence-electron chi connectivity index (χ4n) is 2.23. The lowest BCUT2D eigenvalue weighted by atomic mass is 10.1. The molecule has 0 aliphatic heterocycles. The summed E-state index contributed by atoms with van der Waals surface area (Å²) in [7, 11) is 0. The number of hydrogen-bond donors (Lipinski definition) is 1. The van der Waals surface area contributed by atoms with Crippen LogP contribution in [0.5, 0.6) is 0 Å². The number of anilines is 1. The van der Waals surface area contributed by atoms with E-state index in [1.807, 2.05) is 53.2 Å². The van der Waals surface area contributed by atoms with Crippen molar-refractivity contribution in [1.82, 2.24) is 9.78 Å². The van der Waals surface area contributed by atoms with Gasteiger partial charge in [0, 0.05) is 5.56 Å². The SMILES string of the molecule is Cc1ccccc1-n1ncc(N)c1-c1ccccc1. The van der Waals surface area contributed by atoms with E-state index in [0.29, 0.717) is 5.69 Å². The molecular formula is C16H15N3. The van der Waals surface area contributed by atoms with Gasteiger partial charge in [-0.1, -0.05) is 48.5 Å². The number of nitrogens with two attached hydrogens (primary N) is 1. The molecule has 19 heavy (non-hydrogen) atoms. The van der Waals surface area contributed by atoms with Crippen LogP contribution in [0.15, 0.2) is 60.8 Å². The van der Waals surface area contributed by atoms with Crippen molar-refractivity contribution in [3.63, 3.8) is 0 Å². The highest BCUT2D eigenvalue weighted by molar-refractivity contribution is 5.74. The number of nitrogen functional groups attached to an aromatic ring is 1. The highest BCUT2D eigenvalue weighted by atomic mass is 15.3. The molecule has 1 heterocycles. The molecule has 0 radical (unpaired) electrons. The van der Waals surface area contributed by atoms with E-state index < -0.39 is 0 Å². The molecule has 0 atom stereocenters. The fraction of sp³-hybridized carbons (Fsp3) is 0.0625. The molecule has 0 amide bonds. The second-order valence-electron chi connectivity index (χ2n) is 4.51. The van der Waals surface area contributed by atoms with Crippen molar-refractivity contribution < 1.29 is 0 Å². The van der Waals surface area contributed by atoms with E-state index in [2.05, 4.69) is 18.1 Å². The van der Waals surface area contributed by atoms with Crippen LogP contribution in [0.3, 0.4) is 0 Å². The summed E-state index contributed by atoms with van der Waals surface area (Å²) in [5.74, 6) is 0. The van der Waals surface area contributed by atoms with Gasteiger partial charge in [0.1, 0.15) is 0 Å². The second kappa shape index (κ2) is 4.61. The van der Waals surface area contributed by atoms with Crippen molar-refractivity contribution in [2.24, 2.45) is 0 Å². The molecule has 3 heteroatoms. The third-order valence-electron chi connectivity index (χ3n) is 3.19. The summed E-state index contributed by atoms with van der Waals surface area (Å²) >= 11 is 0. The van der Waals surface area contributed by atoms with E-state index >= 15 is 0 Å². The minimum Gasteiger partial charge on any atom is -0.396 e. The molecule has 0 unspecified atom stereocenters. The van der Waals surface area contributed by atoms with Crippen LogP contribution in [-0.4, -0.2) is 9.78 Å². The Labute approximate surface area is 112 Å². The van der Waals surface area contributed by atoms with Gasteiger partial charge in [-0.25, -0.2) is 4.68 Å². The van der Waals surface area contributed by atoms with E-state index in [4.69, 9.17) is 5.73 Å². The van der Waals surface area contributed by atoms with Gasteiger partial charge in [0.2, 0.25) is 0 Å². The van der Waals surface area contributed by atoms with Gasteiger partial charge in [-0.15, -0.1) is 0 Å². The minimum atomic E-state index is 0.689. The third kappa shape index (κ3) is 1.99. The quantitative estimate of drug-likeness (QED) is 0.756. The number of aromatic nitrogens is 2. The van der Waals surface area contributed by atoms with E-state index in [0.717, 1.165) is 16.9 Å². The van der Waals surface area contributed by atoms with E-state index in [1.54, 1.807) is 6.20 Å². The van der Waals surface area contributed by atoms with Gasteiger partial charge < -0.3 is 5.73 Å². The summed E-state index contributed by atoms with van der Waals surface area (Å²) in [5, 5.41) is 4.41. The fourth-order valence-corrected chi connectivity index (χ4v) is 2.23. The summed E-state index contributed by atoms with van der Waals surface area (Å²) in [6, 6.07) is 18.2. The first-order valence-corrected chi connectivity index (χ1v) is 6.22. The summed E-state index contributed by atoms with van der Waals surface area (Å²) in [6.45, 7) is 2.07. The molecule has 0 aliphatic rings. The maximum absolute atomic E-state index is 6.08. The predicted octanol–water partition coefficient (Wildman–Crippen LogP) is 3.43. The minimum absolute atomic E-state index is 0.689. The van der Waals surface area contributed by atoms with Gasteiger partial charge in [0.25, 0.3) is 0 Å². The van der Waals surface area contributed by atoms with Crippen molar-refractivity contribution in [2.45, 2.75) is 6.92 Å². The molecule has 0 fully saturated rings. The van der Waals surface area contributed by atoms with Gasteiger partial charge in [-0.2, -0.15) is 5.10 Å². The van der Waals surface area contributed by atoms with Gasteiger partial charge in [-0.05, 0) is 18.6 Å². The number of aryl methyl sites for hydroxylation is 1. The Balaban J connectivity index is 2.23. The van der Waals surface area contributed by atoms with Crippen LogP contribution in [-0.2, 0) is 0 Å². The molecule has 1 aromatic heterocycles. The molecule has 0 saturated carbocycles. The summed E-state index contributed by atoms with van der Waals surface area (Å²) in [6.07, 6.45) is 1.70.